The summed E-state index contributed by atoms with van der Waals surface area (Å²) in [5, 5.41) is 14.0. The number of aromatic nitrogens is 1. The summed E-state index contributed by atoms with van der Waals surface area (Å²) in [6, 6.07) is 2.52. The lowest BCUT2D eigenvalue weighted by Gasteiger charge is -2.21. The van der Waals surface area contributed by atoms with Crippen molar-refractivity contribution in [2.45, 2.75) is 45.8 Å². The van der Waals surface area contributed by atoms with Crippen molar-refractivity contribution in [2.24, 2.45) is 5.16 Å². The van der Waals surface area contributed by atoms with Crippen molar-refractivity contribution in [3.8, 4) is 11.8 Å². The lowest BCUT2D eigenvalue weighted by Crippen LogP contribution is -2.43. The summed E-state index contributed by atoms with van der Waals surface area (Å²) >= 11 is 0. The highest BCUT2D eigenvalue weighted by Crippen LogP contribution is 2.08. The van der Waals surface area contributed by atoms with Crippen LogP contribution in [0.25, 0.3) is 0 Å². The van der Waals surface area contributed by atoms with Crippen molar-refractivity contribution in [1.29, 1.82) is 0 Å². The average molecular weight is 361 g/mol. The van der Waals surface area contributed by atoms with Gasteiger partial charge in [-0.15, -0.1) is 0 Å². The Bertz CT molecular complexity index is 741. The molecule has 26 heavy (non-hydrogen) atoms. The molecule has 1 amide bonds. The van der Waals surface area contributed by atoms with Crippen molar-refractivity contribution >= 4 is 18.3 Å². The zero-order chi connectivity index (χ0) is 19.7. The molecule has 0 saturated heterocycles. The van der Waals surface area contributed by atoms with Crippen LogP contribution in [0.2, 0.25) is 0 Å². The van der Waals surface area contributed by atoms with Gasteiger partial charge in [-0.3, -0.25) is 0 Å². The highest BCUT2D eigenvalue weighted by molar-refractivity contribution is 5.81. The van der Waals surface area contributed by atoms with Crippen LogP contribution in [-0.2, 0) is 14.3 Å². The number of nitrogens with one attached hydrogen (secondary N) is 1. The van der Waals surface area contributed by atoms with Crippen LogP contribution >= 0.6 is 0 Å². The first-order valence-corrected chi connectivity index (χ1v) is 7.87. The molecular weight excluding hydrogens is 338 g/mol. The Hall–Kier alpha value is -3.08. The van der Waals surface area contributed by atoms with Crippen LogP contribution in [-0.4, -0.2) is 47.2 Å². The molecule has 0 saturated carbocycles. The first-order valence-electron chi connectivity index (χ1n) is 7.87. The number of carbonyl (C=O) groups is 2. The number of carbonyl (C=O) groups excluding carboxylic acids is 2. The van der Waals surface area contributed by atoms with Gasteiger partial charge in [0.15, 0.2) is 0 Å². The van der Waals surface area contributed by atoms with E-state index in [0.29, 0.717) is 11.4 Å². The Morgan fingerprint density at radius 2 is 2.12 bits per heavy atom. The standard InChI is InChI=1S/C18H23N3O5/c1-12-9-10-13(20-15(12)11-19-24)7-6-8-14(16(22)25-5)21-17(23)26-18(2,3)4/h9-11,14,24H,8H2,1-5H3,(H,21,23)/b19-11+/t14-/m0/s1. The van der Waals surface area contributed by atoms with Gasteiger partial charge in [-0.1, -0.05) is 17.1 Å². The molecule has 0 aromatic carbocycles. The van der Waals surface area contributed by atoms with Crippen molar-refractivity contribution in [1.82, 2.24) is 10.3 Å². The van der Waals surface area contributed by atoms with Gasteiger partial charge in [-0.2, -0.15) is 0 Å². The van der Waals surface area contributed by atoms with Crippen LogP contribution in [0.1, 0.15) is 44.1 Å². The number of amides is 1. The minimum Gasteiger partial charge on any atom is -0.467 e. The number of ether oxygens (including phenoxy) is 2. The Morgan fingerprint density at radius 1 is 1.42 bits per heavy atom. The topological polar surface area (TPSA) is 110 Å². The molecule has 8 heteroatoms. The molecule has 8 nitrogen and oxygen atoms in total. The molecule has 1 aromatic heterocycles. The number of aryl methyl sites for hydroxylation is 1. The molecule has 1 aromatic rings. The van der Waals surface area contributed by atoms with E-state index in [4.69, 9.17) is 9.94 Å². The Balaban J connectivity index is 2.85. The largest absolute Gasteiger partial charge is 0.467 e. The second kappa shape index (κ2) is 9.42. The zero-order valence-corrected chi connectivity index (χ0v) is 15.5. The number of hydrogen-bond donors (Lipinski definition) is 2. The van der Waals surface area contributed by atoms with Crippen molar-refractivity contribution < 1.29 is 24.3 Å². The summed E-state index contributed by atoms with van der Waals surface area (Å²) < 4.78 is 9.80. The van der Waals surface area contributed by atoms with E-state index in [2.05, 4.69) is 32.0 Å². The normalized spacial score (nSPS) is 12.0. The number of methoxy groups -OCH3 is 1. The summed E-state index contributed by atoms with van der Waals surface area (Å²) in [6.07, 6.45) is 0.497. The number of pyridine rings is 1. The number of hydrogen-bond acceptors (Lipinski definition) is 7. The van der Waals surface area contributed by atoms with Gasteiger partial charge in [-0.25, -0.2) is 14.6 Å². The molecule has 0 fully saturated rings. The lowest BCUT2D eigenvalue weighted by molar-refractivity contribution is -0.143. The number of alkyl carbamates (subject to hydrolysis) is 1. The summed E-state index contributed by atoms with van der Waals surface area (Å²) in [5.41, 5.74) is 1.06. The van der Waals surface area contributed by atoms with E-state index in [0.717, 1.165) is 5.56 Å². The summed E-state index contributed by atoms with van der Waals surface area (Å²) in [7, 11) is 1.22. The van der Waals surface area contributed by atoms with Crippen molar-refractivity contribution in [3.05, 3.63) is 29.1 Å². The molecule has 0 radical (unpaired) electrons. The zero-order valence-electron chi connectivity index (χ0n) is 15.5. The summed E-state index contributed by atoms with van der Waals surface area (Å²) in [6.45, 7) is 6.97. The summed E-state index contributed by atoms with van der Waals surface area (Å²) in [5.74, 6) is 4.95. The van der Waals surface area contributed by atoms with Gasteiger partial charge in [0.2, 0.25) is 0 Å². The maximum Gasteiger partial charge on any atom is 0.408 e. The maximum atomic E-state index is 11.8. The number of nitrogens with zero attached hydrogens (tertiary/aromatic N) is 2. The predicted molar refractivity (Wildman–Crippen MR) is 95.0 cm³/mol. The third-order valence-corrected chi connectivity index (χ3v) is 3.02. The molecule has 0 bridgehead atoms. The van der Waals surface area contributed by atoms with E-state index < -0.39 is 23.7 Å². The third kappa shape index (κ3) is 7.21. The molecule has 2 N–H and O–H groups in total. The average Bonchev–Trinajstić information content (AvgIpc) is 2.54. The minimum atomic E-state index is -0.966. The fourth-order valence-electron chi connectivity index (χ4n) is 1.83. The molecule has 0 aliphatic heterocycles. The summed E-state index contributed by atoms with van der Waals surface area (Å²) in [4.78, 5) is 27.9. The minimum absolute atomic E-state index is 0.0187. The van der Waals surface area contributed by atoms with E-state index in [1.165, 1.54) is 13.3 Å². The van der Waals surface area contributed by atoms with Gasteiger partial charge in [-0.05, 0) is 45.2 Å². The van der Waals surface area contributed by atoms with Gasteiger partial charge in [0, 0.05) is 6.42 Å². The van der Waals surface area contributed by atoms with Crippen LogP contribution in [0.5, 0.6) is 0 Å². The Morgan fingerprint density at radius 3 is 2.69 bits per heavy atom. The van der Waals surface area contributed by atoms with E-state index in [9.17, 15) is 9.59 Å². The first-order chi connectivity index (χ1) is 12.2. The van der Waals surface area contributed by atoms with E-state index >= 15 is 0 Å². The second-order valence-electron chi connectivity index (χ2n) is 6.37. The maximum absolute atomic E-state index is 11.8. The van der Waals surface area contributed by atoms with Gasteiger partial charge < -0.3 is 20.0 Å². The first kappa shape index (κ1) is 21.0. The molecule has 0 unspecified atom stereocenters. The fraction of sp³-hybridized carbons (Fsp3) is 0.444. The number of rotatable bonds is 4. The highest BCUT2D eigenvalue weighted by atomic mass is 16.6. The molecule has 0 aliphatic rings. The molecule has 1 heterocycles. The van der Waals surface area contributed by atoms with E-state index in [1.807, 2.05) is 6.92 Å². The van der Waals surface area contributed by atoms with Crippen LogP contribution in [0.3, 0.4) is 0 Å². The fourth-order valence-corrected chi connectivity index (χ4v) is 1.83. The molecule has 0 spiro atoms. The molecule has 1 atom stereocenters. The van der Waals surface area contributed by atoms with E-state index in [1.54, 1.807) is 32.9 Å². The molecule has 1 rings (SSSR count). The lowest BCUT2D eigenvalue weighted by atomic mass is 10.2. The molecule has 0 aliphatic carbocycles. The Labute approximate surface area is 152 Å². The molecular formula is C18H23N3O5. The van der Waals surface area contributed by atoms with Gasteiger partial charge in [0.1, 0.15) is 17.3 Å². The van der Waals surface area contributed by atoms with Gasteiger partial charge in [0.05, 0.1) is 19.0 Å². The molecule has 140 valence electrons. The monoisotopic (exact) mass is 361 g/mol. The van der Waals surface area contributed by atoms with Gasteiger partial charge >= 0.3 is 12.1 Å². The van der Waals surface area contributed by atoms with Crippen LogP contribution < -0.4 is 5.32 Å². The van der Waals surface area contributed by atoms with Crippen molar-refractivity contribution in [2.75, 3.05) is 7.11 Å². The predicted octanol–water partition coefficient (Wildman–Crippen LogP) is 2.01. The third-order valence-electron chi connectivity index (χ3n) is 3.02. The highest BCUT2D eigenvalue weighted by Gasteiger charge is 2.24. The van der Waals surface area contributed by atoms with Crippen LogP contribution in [0, 0.1) is 18.8 Å². The quantitative estimate of drug-likeness (QED) is 0.279. The smallest absolute Gasteiger partial charge is 0.408 e. The number of esters is 1. The van der Waals surface area contributed by atoms with Crippen LogP contribution in [0.4, 0.5) is 4.79 Å². The van der Waals surface area contributed by atoms with Gasteiger partial charge in [0.25, 0.3) is 0 Å². The van der Waals surface area contributed by atoms with E-state index in [-0.39, 0.29) is 6.42 Å². The Kier molecular flexibility index (Phi) is 7.59. The van der Waals surface area contributed by atoms with Crippen molar-refractivity contribution in [3.63, 3.8) is 0 Å². The number of oxime groups is 1. The van der Waals surface area contributed by atoms with Crippen LogP contribution in [0.15, 0.2) is 17.3 Å². The second-order valence-corrected chi connectivity index (χ2v) is 6.37. The SMILES string of the molecule is COC(=O)[C@H](CC#Cc1ccc(C)c(/C=N/O)n1)NC(=O)OC(C)(C)C.